The third-order valence-corrected chi connectivity index (χ3v) is 6.75. The van der Waals surface area contributed by atoms with E-state index in [-0.39, 0.29) is 30.6 Å². The number of nitrogens with one attached hydrogen (secondary N) is 1. The predicted molar refractivity (Wildman–Crippen MR) is 128 cm³/mol. The predicted octanol–water partition coefficient (Wildman–Crippen LogP) is 4.51. The quantitative estimate of drug-likeness (QED) is 0.521. The highest BCUT2D eigenvalue weighted by Gasteiger charge is 2.26. The molecule has 6 nitrogen and oxygen atoms in total. The summed E-state index contributed by atoms with van der Waals surface area (Å²) in [5, 5.41) is 12.9. The first kappa shape index (κ1) is 26.0. The summed E-state index contributed by atoms with van der Waals surface area (Å²) < 4.78 is 13.4. The Hall–Kier alpha value is -2.64. The summed E-state index contributed by atoms with van der Waals surface area (Å²) in [5.41, 5.74) is 1.45. The van der Waals surface area contributed by atoms with Crippen LogP contribution in [0.4, 0.5) is 4.39 Å². The van der Waals surface area contributed by atoms with Crippen molar-refractivity contribution in [2.75, 3.05) is 13.1 Å². The number of amides is 2. The summed E-state index contributed by atoms with van der Waals surface area (Å²) >= 11 is 11.9. The lowest BCUT2D eigenvalue weighted by molar-refractivity contribution is -0.142. The molecule has 1 fully saturated rings. The van der Waals surface area contributed by atoms with Crippen LogP contribution in [0.1, 0.15) is 36.8 Å². The minimum Gasteiger partial charge on any atom is -0.480 e. The molecule has 0 aromatic heterocycles. The number of piperidine rings is 1. The summed E-state index contributed by atoms with van der Waals surface area (Å²) in [6.07, 6.45) is 2.48. The van der Waals surface area contributed by atoms with Gasteiger partial charge in [0.05, 0.1) is 10.0 Å². The van der Waals surface area contributed by atoms with E-state index in [4.69, 9.17) is 23.2 Å². The fourth-order valence-electron chi connectivity index (χ4n) is 4.11. The van der Waals surface area contributed by atoms with Crippen LogP contribution >= 0.6 is 23.2 Å². The Morgan fingerprint density at radius 3 is 2.44 bits per heavy atom. The zero-order valence-electron chi connectivity index (χ0n) is 18.6. The first-order valence-electron chi connectivity index (χ1n) is 11.2. The zero-order valence-corrected chi connectivity index (χ0v) is 20.1. The normalized spacial score (nSPS) is 15.1. The fourth-order valence-corrected chi connectivity index (χ4v) is 4.43. The van der Waals surface area contributed by atoms with Crippen molar-refractivity contribution in [3.05, 3.63) is 69.5 Å². The van der Waals surface area contributed by atoms with Gasteiger partial charge >= 0.3 is 5.97 Å². The van der Waals surface area contributed by atoms with Crippen molar-refractivity contribution in [3.63, 3.8) is 0 Å². The number of hydrogen-bond acceptors (Lipinski definition) is 3. The highest BCUT2D eigenvalue weighted by molar-refractivity contribution is 6.42. The Morgan fingerprint density at radius 1 is 1.06 bits per heavy atom. The highest BCUT2D eigenvalue weighted by Crippen LogP contribution is 2.24. The second kappa shape index (κ2) is 12.2. The average molecular weight is 509 g/mol. The molecule has 9 heteroatoms. The molecule has 1 heterocycles. The summed E-state index contributed by atoms with van der Waals surface area (Å²) in [5.74, 6) is -1.85. The van der Waals surface area contributed by atoms with E-state index in [9.17, 15) is 23.9 Å². The minimum atomic E-state index is -1.17. The van der Waals surface area contributed by atoms with Crippen LogP contribution in [0.5, 0.6) is 0 Å². The van der Waals surface area contributed by atoms with Gasteiger partial charge in [0.25, 0.3) is 0 Å². The molecule has 1 aliphatic heterocycles. The fraction of sp³-hybridized carbons (Fsp3) is 0.400. The Labute approximate surface area is 208 Å². The van der Waals surface area contributed by atoms with Gasteiger partial charge in [0.1, 0.15) is 11.9 Å². The third kappa shape index (κ3) is 7.71. The number of likely N-dealkylation sites (tertiary alicyclic amines) is 1. The zero-order chi connectivity index (χ0) is 24.7. The van der Waals surface area contributed by atoms with Crippen molar-refractivity contribution in [3.8, 4) is 0 Å². The molecule has 2 aromatic carbocycles. The molecular formula is C25H27Cl2FN2O4. The largest absolute Gasteiger partial charge is 0.480 e. The topological polar surface area (TPSA) is 86.7 Å². The van der Waals surface area contributed by atoms with E-state index in [1.165, 1.54) is 18.2 Å². The van der Waals surface area contributed by atoms with E-state index < -0.39 is 17.8 Å². The smallest absolute Gasteiger partial charge is 0.326 e. The molecule has 182 valence electrons. The molecule has 2 aromatic rings. The van der Waals surface area contributed by atoms with Crippen LogP contribution in [0.3, 0.4) is 0 Å². The van der Waals surface area contributed by atoms with Gasteiger partial charge in [-0.15, -0.1) is 0 Å². The number of nitrogens with zero attached hydrogens (tertiary/aromatic N) is 1. The van der Waals surface area contributed by atoms with E-state index in [1.54, 1.807) is 23.1 Å². The molecule has 2 amide bonds. The first-order chi connectivity index (χ1) is 16.2. The Balaban J connectivity index is 1.42. The number of rotatable bonds is 9. The van der Waals surface area contributed by atoms with Gasteiger partial charge in [0.2, 0.25) is 11.8 Å². The molecule has 0 radical (unpaired) electrons. The number of carbonyl (C=O) groups excluding carboxylic acids is 2. The van der Waals surface area contributed by atoms with Crippen LogP contribution < -0.4 is 5.32 Å². The van der Waals surface area contributed by atoms with Crippen LogP contribution in [-0.4, -0.2) is 46.9 Å². The lowest BCUT2D eigenvalue weighted by Gasteiger charge is -2.32. The summed E-state index contributed by atoms with van der Waals surface area (Å²) in [6, 6.07) is 9.87. The van der Waals surface area contributed by atoms with Gasteiger partial charge in [-0.2, -0.15) is 0 Å². The summed E-state index contributed by atoms with van der Waals surface area (Å²) in [6.45, 7) is 1.12. The van der Waals surface area contributed by atoms with Crippen molar-refractivity contribution in [2.24, 2.45) is 5.92 Å². The lowest BCUT2D eigenvalue weighted by Crippen LogP contribution is -2.44. The molecule has 34 heavy (non-hydrogen) atoms. The van der Waals surface area contributed by atoms with Crippen LogP contribution in [0.25, 0.3) is 0 Å². The van der Waals surface area contributed by atoms with Gasteiger partial charge in [0, 0.05) is 32.4 Å². The average Bonchev–Trinajstić information content (AvgIpc) is 2.79. The molecule has 3 rings (SSSR count). The molecule has 0 saturated carbocycles. The first-order valence-corrected chi connectivity index (χ1v) is 11.9. The van der Waals surface area contributed by atoms with Crippen molar-refractivity contribution in [2.45, 2.75) is 44.6 Å². The number of hydrogen-bond donors (Lipinski definition) is 2. The second-order valence-corrected chi connectivity index (χ2v) is 9.38. The van der Waals surface area contributed by atoms with E-state index in [0.717, 1.165) is 5.56 Å². The number of aryl methyl sites for hydroxylation is 1. The third-order valence-electron chi connectivity index (χ3n) is 6.02. The van der Waals surface area contributed by atoms with Gasteiger partial charge in [-0.25, -0.2) is 9.18 Å². The number of carbonyl (C=O) groups is 3. The minimum absolute atomic E-state index is 0.00457. The molecular weight excluding hydrogens is 482 g/mol. The van der Waals surface area contributed by atoms with Gasteiger partial charge in [-0.05, 0) is 60.6 Å². The maximum atomic E-state index is 13.4. The molecule has 0 aliphatic carbocycles. The molecule has 1 saturated heterocycles. The number of benzene rings is 2. The van der Waals surface area contributed by atoms with Crippen molar-refractivity contribution in [1.82, 2.24) is 10.2 Å². The number of carboxylic acid groups (broad SMARTS) is 1. The lowest BCUT2D eigenvalue weighted by atomic mass is 9.92. The summed E-state index contributed by atoms with van der Waals surface area (Å²) in [4.78, 5) is 38.4. The molecule has 1 atom stereocenters. The Bertz CT molecular complexity index is 1040. The maximum Gasteiger partial charge on any atom is 0.326 e. The molecule has 1 unspecified atom stereocenters. The number of halogens is 3. The van der Waals surface area contributed by atoms with Crippen molar-refractivity contribution >= 4 is 41.0 Å². The molecule has 2 N–H and O–H groups in total. The molecule has 1 aliphatic rings. The second-order valence-electron chi connectivity index (χ2n) is 8.57. The van der Waals surface area contributed by atoms with Crippen LogP contribution in [0, 0.1) is 11.7 Å². The van der Waals surface area contributed by atoms with Crippen LogP contribution in [0.15, 0.2) is 42.5 Å². The van der Waals surface area contributed by atoms with Crippen LogP contribution in [-0.2, 0) is 27.2 Å². The molecule has 0 spiro atoms. The maximum absolute atomic E-state index is 13.4. The van der Waals surface area contributed by atoms with Gasteiger partial charge in [-0.1, -0.05) is 41.4 Å². The monoisotopic (exact) mass is 508 g/mol. The molecule has 0 bridgehead atoms. The van der Waals surface area contributed by atoms with Gasteiger partial charge in [0.15, 0.2) is 0 Å². The Kier molecular flexibility index (Phi) is 9.30. The standard InChI is InChI=1S/C25H27Cl2FN2O4/c26-20-6-4-16(13-21(20)27)5-7-24(32)30-10-8-17(9-11-30)15-23(31)29-22(25(33)34)14-18-2-1-3-19(28)12-18/h1-4,6,12-13,17,22H,5,7-11,14-15H2,(H,29,31)(H,33,34). The van der Waals surface area contributed by atoms with E-state index in [0.29, 0.717) is 54.4 Å². The van der Waals surface area contributed by atoms with Gasteiger partial charge in [-0.3, -0.25) is 9.59 Å². The Morgan fingerprint density at radius 2 is 1.79 bits per heavy atom. The van der Waals surface area contributed by atoms with E-state index >= 15 is 0 Å². The SMILES string of the molecule is O=C(CC1CCN(C(=O)CCc2ccc(Cl)c(Cl)c2)CC1)NC(Cc1cccc(F)c1)C(=O)O. The number of aliphatic carboxylic acids is 1. The van der Waals surface area contributed by atoms with Crippen molar-refractivity contribution in [1.29, 1.82) is 0 Å². The number of carboxylic acids is 1. The highest BCUT2D eigenvalue weighted by atomic mass is 35.5. The van der Waals surface area contributed by atoms with E-state index in [2.05, 4.69) is 5.32 Å². The van der Waals surface area contributed by atoms with Crippen LogP contribution in [0.2, 0.25) is 10.0 Å². The van der Waals surface area contributed by atoms with Crippen molar-refractivity contribution < 1.29 is 23.9 Å². The van der Waals surface area contributed by atoms with E-state index in [1.807, 2.05) is 6.07 Å². The summed E-state index contributed by atoms with van der Waals surface area (Å²) in [7, 11) is 0. The van der Waals surface area contributed by atoms with Gasteiger partial charge < -0.3 is 15.3 Å².